The van der Waals surface area contributed by atoms with Gasteiger partial charge in [-0.25, -0.2) is 4.79 Å². The lowest BCUT2D eigenvalue weighted by Gasteiger charge is -2.20. The molecule has 0 spiro atoms. The summed E-state index contributed by atoms with van der Waals surface area (Å²) in [7, 11) is 0. The molecule has 3 rings (SSSR count). The second-order valence-electron chi connectivity index (χ2n) is 8.55. The van der Waals surface area contributed by atoms with Gasteiger partial charge in [0, 0.05) is 16.8 Å². The van der Waals surface area contributed by atoms with Crippen molar-refractivity contribution in [3.05, 3.63) is 91.9 Å². The van der Waals surface area contributed by atoms with Crippen LogP contribution in [0.4, 0.5) is 10.5 Å². The number of ether oxygens (including phenoxy) is 1. The van der Waals surface area contributed by atoms with Crippen LogP contribution >= 0.6 is 11.6 Å². The number of carbonyl (C=O) groups excluding carboxylic acids is 1. The Labute approximate surface area is 214 Å². The zero-order valence-corrected chi connectivity index (χ0v) is 21.5. The molecule has 36 heavy (non-hydrogen) atoms. The van der Waals surface area contributed by atoms with Crippen LogP contribution in [0.1, 0.15) is 47.2 Å². The van der Waals surface area contributed by atoms with Gasteiger partial charge < -0.3 is 25.0 Å². The maximum atomic E-state index is 13.4. The fourth-order valence-electron chi connectivity index (χ4n) is 3.84. The quantitative estimate of drug-likeness (QED) is 0.365. The molecular weight excluding hydrogens is 482 g/mol. The number of halogens is 1. The van der Waals surface area contributed by atoms with Crippen molar-refractivity contribution in [1.82, 2.24) is 9.88 Å². The number of anilines is 1. The summed E-state index contributed by atoms with van der Waals surface area (Å²) < 4.78 is 7.14. The predicted molar refractivity (Wildman–Crippen MR) is 140 cm³/mol. The van der Waals surface area contributed by atoms with Gasteiger partial charge in [0.2, 0.25) is 0 Å². The van der Waals surface area contributed by atoms with Crippen LogP contribution in [0.15, 0.2) is 53.5 Å². The van der Waals surface area contributed by atoms with E-state index in [2.05, 4.69) is 10.6 Å². The third kappa shape index (κ3) is 6.46. The van der Waals surface area contributed by atoms with Crippen molar-refractivity contribution in [3.63, 3.8) is 0 Å². The Morgan fingerprint density at radius 1 is 1.11 bits per heavy atom. The number of carbonyl (C=O) groups is 2. The maximum absolute atomic E-state index is 13.4. The van der Waals surface area contributed by atoms with Crippen LogP contribution < -0.4 is 20.9 Å². The van der Waals surface area contributed by atoms with E-state index in [4.69, 9.17) is 16.3 Å². The minimum Gasteiger partial charge on any atom is -0.493 e. The third-order valence-corrected chi connectivity index (χ3v) is 6.25. The number of urea groups is 1. The number of nitrogens with zero attached hydrogens (tertiary/aromatic N) is 1. The first kappa shape index (κ1) is 26.8. The van der Waals surface area contributed by atoms with Crippen LogP contribution in [-0.4, -0.2) is 28.3 Å². The van der Waals surface area contributed by atoms with Gasteiger partial charge in [-0.1, -0.05) is 47.5 Å². The number of hydrogen-bond acceptors (Lipinski definition) is 4. The molecule has 0 aliphatic carbocycles. The first-order valence-corrected chi connectivity index (χ1v) is 11.9. The number of nitrogens with one attached hydrogen (secondary N) is 2. The van der Waals surface area contributed by atoms with E-state index in [1.54, 1.807) is 43.5 Å². The second kappa shape index (κ2) is 11.8. The fraction of sp³-hybridized carbons (Fsp3) is 0.296. The number of amides is 2. The van der Waals surface area contributed by atoms with Crippen molar-refractivity contribution in [2.45, 2.75) is 46.7 Å². The van der Waals surface area contributed by atoms with Crippen LogP contribution in [0, 0.1) is 20.8 Å². The Hall–Kier alpha value is -3.78. The molecule has 0 bridgehead atoms. The van der Waals surface area contributed by atoms with Gasteiger partial charge in [-0.05, 0) is 56.5 Å². The molecule has 3 aromatic rings. The van der Waals surface area contributed by atoms with E-state index in [9.17, 15) is 19.5 Å². The average Bonchev–Trinajstić information content (AvgIpc) is 2.82. The van der Waals surface area contributed by atoms with Crippen molar-refractivity contribution < 1.29 is 19.4 Å². The normalized spacial score (nSPS) is 11.6. The Kier molecular flexibility index (Phi) is 8.77. The van der Waals surface area contributed by atoms with E-state index in [-0.39, 0.29) is 18.7 Å². The average molecular weight is 512 g/mol. The molecule has 2 amide bonds. The van der Waals surface area contributed by atoms with Crippen molar-refractivity contribution >= 4 is 29.3 Å². The van der Waals surface area contributed by atoms with E-state index in [0.717, 1.165) is 11.1 Å². The number of aryl methyl sites for hydroxylation is 2. The van der Waals surface area contributed by atoms with Crippen molar-refractivity contribution in [1.29, 1.82) is 0 Å². The molecule has 0 saturated carbocycles. The molecule has 0 fully saturated rings. The number of carboxylic acids is 1. The minimum absolute atomic E-state index is 0.107. The molecule has 190 valence electrons. The molecule has 0 unspecified atom stereocenters. The van der Waals surface area contributed by atoms with Crippen LogP contribution in [0.3, 0.4) is 0 Å². The van der Waals surface area contributed by atoms with Crippen LogP contribution in [-0.2, 0) is 11.3 Å². The minimum atomic E-state index is -1.06. The molecular formula is C27H30ClN3O5. The number of aromatic nitrogens is 1. The van der Waals surface area contributed by atoms with E-state index in [1.165, 1.54) is 4.57 Å². The predicted octanol–water partition coefficient (Wildman–Crippen LogP) is 5.21. The maximum Gasteiger partial charge on any atom is 0.319 e. The summed E-state index contributed by atoms with van der Waals surface area (Å²) in [5.41, 5.74) is 3.41. The molecule has 1 atom stereocenters. The highest BCUT2D eigenvalue weighted by molar-refractivity contribution is 6.31. The van der Waals surface area contributed by atoms with Crippen molar-refractivity contribution in [2.24, 2.45) is 0 Å². The largest absolute Gasteiger partial charge is 0.493 e. The van der Waals surface area contributed by atoms with Crippen molar-refractivity contribution in [2.75, 3.05) is 11.9 Å². The summed E-state index contributed by atoms with van der Waals surface area (Å²) in [4.78, 5) is 37.7. The molecule has 0 aliphatic heterocycles. The molecule has 1 heterocycles. The summed E-state index contributed by atoms with van der Waals surface area (Å²) in [6.07, 6.45) is 1.40. The molecule has 9 heteroatoms. The van der Waals surface area contributed by atoms with Gasteiger partial charge in [-0.15, -0.1) is 0 Å². The van der Waals surface area contributed by atoms with Gasteiger partial charge in [-0.2, -0.15) is 0 Å². The van der Waals surface area contributed by atoms with E-state index >= 15 is 0 Å². The molecule has 0 radical (unpaired) electrons. The summed E-state index contributed by atoms with van der Waals surface area (Å²) in [6.45, 7) is 7.96. The van der Waals surface area contributed by atoms with Gasteiger partial charge in [0.05, 0.1) is 25.6 Å². The number of carboxylic acid groups (broad SMARTS) is 1. The van der Waals surface area contributed by atoms with Gasteiger partial charge in [0.1, 0.15) is 11.4 Å². The van der Waals surface area contributed by atoms with E-state index in [1.807, 2.05) is 32.9 Å². The lowest BCUT2D eigenvalue weighted by Crippen LogP contribution is -2.36. The van der Waals surface area contributed by atoms with Crippen LogP contribution in [0.25, 0.3) is 0 Å². The SMILES string of the molecule is CCOc1cccc(Cl)c1Cn1cc(C)c(C)c(NC(=O)N[C@@H](CC(=O)O)c2ccc(C)cc2)c1=O. The monoisotopic (exact) mass is 511 g/mol. The summed E-state index contributed by atoms with van der Waals surface area (Å²) >= 11 is 6.41. The van der Waals surface area contributed by atoms with Crippen LogP contribution in [0.5, 0.6) is 5.75 Å². The molecule has 1 aromatic heterocycles. The molecule has 0 saturated heterocycles. The van der Waals surface area contributed by atoms with Gasteiger partial charge >= 0.3 is 12.0 Å². The van der Waals surface area contributed by atoms with Crippen molar-refractivity contribution in [3.8, 4) is 5.75 Å². The van der Waals surface area contributed by atoms with Gasteiger partial charge in [0.15, 0.2) is 0 Å². The number of aliphatic carboxylic acids is 1. The number of hydrogen-bond donors (Lipinski definition) is 3. The standard InChI is InChI=1S/C27H30ClN3O5/c1-5-36-23-8-6-7-21(28)20(23)15-31-14-17(3)18(4)25(26(31)34)30-27(35)29-22(13-24(32)33)19-11-9-16(2)10-12-19/h6-12,14,22H,5,13,15H2,1-4H3,(H,32,33)(H2,29,30,35)/t22-/m0/s1. The summed E-state index contributed by atoms with van der Waals surface area (Å²) in [6, 6.07) is 11.1. The fourth-order valence-corrected chi connectivity index (χ4v) is 4.07. The first-order valence-electron chi connectivity index (χ1n) is 11.6. The Morgan fingerprint density at radius 3 is 2.44 bits per heavy atom. The highest BCUT2D eigenvalue weighted by atomic mass is 35.5. The molecule has 3 N–H and O–H groups in total. The molecule has 8 nitrogen and oxygen atoms in total. The zero-order chi connectivity index (χ0) is 26.4. The lowest BCUT2D eigenvalue weighted by molar-refractivity contribution is -0.137. The first-order chi connectivity index (χ1) is 17.1. The van der Waals surface area contributed by atoms with Crippen LogP contribution in [0.2, 0.25) is 5.02 Å². The van der Waals surface area contributed by atoms with E-state index < -0.39 is 23.6 Å². The number of rotatable bonds is 9. The van der Waals surface area contributed by atoms with Gasteiger partial charge in [-0.3, -0.25) is 9.59 Å². The Balaban J connectivity index is 1.90. The van der Waals surface area contributed by atoms with E-state index in [0.29, 0.717) is 34.1 Å². The lowest BCUT2D eigenvalue weighted by atomic mass is 10.0. The highest BCUT2D eigenvalue weighted by Crippen LogP contribution is 2.28. The molecule has 0 aliphatic rings. The summed E-state index contributed by atoms with van der Waals surface area (Å²) in [5.74, 6) is -0.475. The zero-order valence-electron chi connectivity index (χ0n) is 20.7. The topological polar surface area (TPSA) is 110 Å². The number of benzene rings is 2. The highest BCUT2D eigenvalue weighted by Gasteiger charge is 2.21. The Morgan fingerprint density at radius 2 is 1.81 bits per heavy atom. The summed E-state index contributed by atoms with van der Waals surface area (Å²) in [5, 5.41) is 15.1. The third-order valence-electron chi connectivity index (χ3n) is 5.90. The smallest absolute Gasteiger partial charge is 0.319 e. The number of pyridine rings is 1. The Bertz CT molecular complexity index is 1320. The van der Waals surface area contributed by atoms with Gasteiger partial charge in [0.25, 0.3) is 5.56 Å². The second-order valence-corrected chi connectivity index (χ2v) is 8.96. The molecule has 2 aromatic carbocycles.